The molecule has 0 aromatic heterocycles. The molecule has 2 aromatic rings. The molecule has 0 heterocycles. The van der Waals surface area contributed by atoms with E-state index >= 15 is 0 Å². The maximum atomic E-state index is 3.81. The van der Waals surface area contributed by atoms with Crippen molar-refractivity contribution in [3.8, 4) is 0 Å². The number of allylic oxidation sites excluding steroid dienone is 5. The molecule has 98 valence electrons. The molecule has 0 radical (unpaired) electrons. The highest BCUT2D eigenvalue weighted by molar-refractivity contribution is 5.77. The number of benzene rings is 2. The van der Waals surface area contributed by atoms with Crippen LogP contribution in [-0.2, 0) is 0 Å². The van der Waals surface area contributed by atoms with Crippen LogP contribution < -0.4 is 0 Å². The molecule has 1 aliphatic rings. The Morgan fingerprint density at radius 3 is 2.20 bits per heavy atom. The number of rotatable bonds is 3. The molecule has 0 spiro atoms. The molecule has 0 N–H and O–H groups in total. The largest absolute Gasteiger partial charge is 0.0991 e. The summed E-state index contributed by atoms with van der Waals surface area (Å²) in [6.45, 7) is 3.81. The quantitative estimate of drug-likeness (QED) is 0.694. The number of hydrogen-bond acceptors (Lipinski definition) is 0. The summed E-state index contributed by atoms with van der Waals surface area (Å²) >= 11 is 0. The lowest BCUT2D eigenvalue weighted by atomic mass is 9.88. The summed E-state index contributed by atoms with van der Waals surface area (Å²) in [5.41, 5.74) is 5.46. The number of hydrogen-bond donors (Lipinski definition) is 0. The van der Waals surface area contributed by atoms with Gasteiger partial charge in [-0.2, -0.15) is 0 Å². The van der Waals surface area contributed by atoms with Crippen molar-refractivity contribution in [2.45, 2.75) is 12.3 Å². The summed E-state index contributed by atoms with van der Waals surface area (Å²) in [5.74, 6) is 0.449. The van der Waals surface area contributed by atoms with E-state index in [1.54, 1.807) is 0 Å². The second kappa shape index (κ2) is 5.75. The summed E-state index contributed by atoms with van der Waals surface area (Å²) in [6, 6.07) is 21.4. The van der Waals surface area contributed by atoms with Crippen LogP contribution in [0.3, 0.4) is 0 Å². The van der Waals surface area contributed by atoms with Crippen LogP contribution in [0.25, 0.3) is 5.57 Å². The van der Waals surface area contributed by atoms with Gasteiger partial charge in [-0.1, -0.05) is 85.5 Å². The van der Waals surface area contributed by atoms with Crippen LogP contribution in [-0.4, -0.2) is 0 Å². The van der Waals surface area contributed by atoms with Gasteiger partial charge in [-0.05, 0) is 28.7 Å². The summed E-state index contributed by atoms with van der Waals surface area (Å²) in [5, 5.41) is 0. The molecule has 0 amide bonds. The first-order chi connectivity index (χ1) is 9.88. The first kappa shape index (κ1) is 12.7. The normalized spacial score (nSPS) is 19.9. The molecule has 1 atom stereocenters. The third-order valence-electron chi connectivity index (χ3n) is 3.80. The Hall–Kier alpha value is -2.34. The molecular formula is C20H18. The fourth-order valence-corrected chi connectivity index (χ4v) is 2.87. The maximum Gasteiger partial charge on any atom is 0.0136 e. The molecule has 20 heavy (non-hydrogen) atoms. The molecule has 0 fully saturated rings. The van der Waals surface area contributed by atoms with Gasteiger partial charge in [-0.25, -0.2) is 0 Å². The molecule has 0 saturated carbocycles. The molecular weight excluding hydrogens is 240 g/mol. The highest BCUT2D eigenvalue weighted by Gasteiger charge is 2.24. The Bertz CT molecular complexity index is 645. The van der Waals surface area contributed by atoms with Gasteiger partial charge < -0.3 is 0 Å². The van der Waals surface area contributed by atoms with E-state index < -0.39 is 0 Å². The fraction of sp³-hybridized carbons (Fsp3) is 0.100. The molecule has 0 aliphatic heterocycles. The van der Waals surface area contributed by atoms with Gasteiger partial charge in [0.05, 0.1) is 0 Å². The van der Waals surface area contributed by atoms with Crippen LogP contribution in [0.5, 0.6) is 0 Å². The zero-order valence-electron chi connectivity index (χ0n) is 11.5. The minimum absolute atomic E-state index is 0.449. The maximum absolute atomic E-state index is 3.81. The summed E-state index contributed by atoms with van der Waals surface area (Å²) < 4.78 is 0. The molecule has 1 unspecified atom stereocenters. The van der Waals surface area contributed by atoms with Crippen LogP contribution in [0.4, 0.5) is 0 Å². The third-order valence-corrected chi connectivity index (χ3v) is 3.80. The standard InChI is InChI=1S/C20H18/c1-2-9-16-14-19(17-10-5-3-6-11-17)20(15-16)18-12-7-4-8-13-18/h2-14,20H,1,15H2/b16-9-. The van der Waals surface area contributed by atoms with E-state index in [1.807, 2.05) is 6.08 Å². The smallest absolute Gasteiger partial charge is 0.0136 e. The van der Waals surface area contributed by atoms with Gasteiger partial charge in [0.2, 0.25) is 0 Å². The van der Waals surface area contributed by atoms with E-state index in [0.717, 1.165) is 6.42 Å². The van der Waals surface area contributed by atoms with Crippen molar-refractivity contribution in [3.05, 3.63) is 102 Å². The van der Waals surface area contributed by atoms with Gasteiger partial charge in [0.25, 0.3) is 0 Å². The average molecular weight is 258 g/mol. The zero-order chi connectivity index (χ0) is 13.8. The van der Waals surface area contributed by atoms with Crippen molar-refractivity contribution in [2.24, 2.45) is 0 Å². The Kier molecular flexibility index (Phi) is 3.64. The highest BCUT2D eigenvalue weighted by Crippen LogP contribution is 2.43. The van der Waals surface area contributed by atoms with E-state index in [9.17, 15) is 0 Å². The monoisotopic (exact) mass is 258 g/mol. The molecule has 1 aliphatic carbocycles. The SMILES string of the molecule is C=C/C=C1/C=C(c2ccccc2)C(c2ccccc2)C1. The minimum Gasteiger partial charge on any atom is -0.0991 e. The van der Waals surface area contributed by atoms with Gasteiger partial charge >= 0.3 is 0 Å². The summed E-state index contributed by atoms with van der Waals surface area (Å²) in [6.07, 6.45) is 7.36. The zero-order valence-corrected chi connectivity index (χ0v) is 11.5. The van der Waals surface area contributed by atoms with E-state index in [-0.39, 0.29) is 0 Å². The fourth-order valence-electron chi connectivity index (χ4n) is 2.87. The lowest BCUT2D eigenvalue weighted by molar-refractivity contribution is 0.892. The first-order valence-electron chi connectivity index (χ1n) is 7.02. The summed E-state index contributed by atoms with van der Waals surface area (Å²) in [4.78, 5) is 0. The van der Waals surface area contributed by atoms with Gasteiger partial charge in [0.1, 0.15) is 0 Å². The molecule has 0 saturated heterocycles. The second-order valence-corrected chi connectivity index (χ2v) is 5.11. The van der Waals surface area contributed by atoms with Crippen molar-refractivity contribution >= 4 is 5.57 Å². The van der Waals surface area contributed by atoms with Crippen LogP contribution >= 0.6 is 0 Å². The van der Waals surface area contributed by atoms with E-state index in [2.05, 4.69) is 79.4 Å². The second-order valence-electron chi connectivity index (χ2n) is 5.11. The van der Waals surface area contributed by atoms with E-state index in [4.69, 9.17) is 0 Å². The minimum atomic E-state index is 0.449. The Labute approximate surface area is 120 Å². The van der Waals surface area contributed by atoms with Crippen molar-refractivity contribution in [2.75, 3.05) is 0 Å². The van der Waals surface area contributed by atoms with Gasteiger partial charge in [-0.3, -0.25) is 0 Å². The molecule has 2 aromatic carbocycles. The lowest BCUT2D eigenvalue weighted by Crippen LogP contribution is -1.97. The van der Waals surface area contributed by atoms with Gasteiger partial charge in [0, 0.05) is 5.92 Å². The van der Waals surface area contributed by atoms with Crippen molar-refractivity contribution in [1.29, 1.82) is 0 Å². The van der Waals surface area contributed by atoms with Crippen LogP contribution in [0.15, 0.2) is 91.0 Å². The van der Waals surface area contributed by atoms with E-state index in [1.165, 1.54) is 22.3 Å². The lowest BCUT2D eigenvalue weighted by Gasteiger charge is -2.15. The molecule has 0 heteroatoms. The van der Waals surface area contributed by atoms with Gasteiger partial charge in [0.15, 0.2) is 0 Å². The molecule has 0 bridgehead atoms. The topological polar surface area (TPSA) is 0 Å². The highest BCUT2D eigenvalue weighted by atomic mass is 14.3. The van der Waals surface area contributed by atoms with Crippen LogP contribution in [0, 0.1) is 0 Å². The average Bonchev–Trinajstić information content (AvgIpc) is 2.93. The predicted octanol–water partition coefficient (Wildman–Crippen LogP) is 5.37. The Balaban J connectivity index is 2.04. The van der Waals surface area contributed by atoms with Crippen molar-refractivity contribution in [1.82, 2.24) is 0 Å². The van der Waals surface area contributed by atoms with E-state index in [0.29, 0.717) is 5.92 Å². The van der Waals surface area contributed by atoms with Crippen LogP contribution in [0.1, 0.15) is 23.5 Å². The Morgan fingerprint density at radius 2 is 1.55 bits per heavy atom. The predicted molar refractivity (Wildman–Crippen MR) is 86.5 cm³/mol. The Morgan fingerprint density at radius 1 is 0.900 bits per heavy atom. The van der Waals surface area contributed by atoms with Crippen LogP contribution in [0.2, 0.25) is 0 Å². The van der Waals surface area contributed by atoms with Crippen molar-refractivity contribution < 1.29 is 0 Å². The molecule has 3 rings (SSSR count). The third kappa shape index (κ3) is 2.50. The summed E-state index contributed by atoms with van der Waals surface area (Å²) in [7, 11) is 0. The molecule has 0 nitrogen and oxygen atoms in total. The van der Waals surface area contributed by atoms with Gasteiger partial charge in [-0.15, -0.1) is 0 Å². The van der Waals surface area contributed by atoms with Crippen molar-refractivity contribution in [3.63, 3.8) is 0 Å². The first-order valence-corrected chi connectivity index (χ1v) is 7.02.